The molecule has 2 aromatic heterocycles. The van der Waals surface area contributed by atoms with Gasteiger partial charge in [-0.15, -0.1) is 12.4 Å². The number of rotatable bonds is 5. The van der Waals surface area contributed by atoms with Crippen molar-refractivity contribution in [2.75, 3.05) is 0 Å². The van der Waals surface area contributed by atoms with Crippen molar-refractivity contribution in [1.29, 1.82) is 0 Å². The van der Waals surface area contributed by atoms with Crippen LogP contribution >= 0.6 is 20.0 Å². The standard InChI is InChI=1S/C23H19N2O3P.2ClH/c26-29(27,28)23-8-4-2-6-21(23)17-20-5-1-3-7-22(20)25-15-11-19(12-16-25)18-9-13-24-14-10-18;;/h1-16H,17H2,(H-,26,27,28);2*1H. The summed E-state index contributed by atoms with van der Waals surface area (Å²) < 4.78 is 13.9. The third-order valence-corrected chi connectivity index (χ3v) is 5.86. The minimum atomic E-state index is -4.33. The topological polar surface area (TPSA) is 74.3 Å². The molecule has 0 spiro atoms. The molecule has 0 aliphatic rings. The second kappa shape index (κ2) is 10.7. The van der Waals surface area contributed by atoms with Gasteiger partial charge in [0.15, 0.2) is 12.4 Å². The summed E-state index contributed by atoms with van der Waals surface area (Å²) in [5.41, 5.74) is 4.76. The average molecular weight is 475 g/mol. The molecule has 0 aliphatic carbocycles. The zero-order valence-electron chi connectivity index (χ0n) is 16.4. The van der Waals surface area contributed by atoms with Crippen molar-refractivity contribution in [2.45, 2.75) is 6.42 Å². The van der Waals surface area contributed by atoms with E-state index in [4.69, 9.17) is 0 Å². The highest BCUT2D eigenvalue weighted by molar-refractivity contribution is 7.60. The molecule has 0 unspecified atom stereocenters. The smallest absolute Gasteiger partial charge is 0.356 e. The molecule has 0 bridgehead atoms. The van der Waals surface area contributed by atoms with Crippen LogP contribution in [0, 0.1) is 0 Å². The van der Waals surface area contributed by atoms with Crippen LogP contribution in [0.4, 0.5) is 0 Å². The van der Waals surface area contributed by atoms with E-state index in [0.29, 0.717) is 12.0 Å². The normalized spacial score (nSPS) is 10.6. The molecule has 160 valence electrons. The van der Waals surface area contributed by atoms with Crippen LogP contribution in [0.5, 0.6) is 0 Å². The molecule has 0 saturated carbocycles. The van der Waals surface area contributed by atoms with E-state index in [9.17, 15) is 14.4 Å². The quantitative estimate of drug-likeness (QED) is 0.332. The maximum atomic E-state index is 11.9. The lowest BCUT2D eigenvalue weighted by Crippen LogP contribution is -3.00. The van der Waals surface area contributed by atoms with Gasteiger partial charge in [-0.1, -0.05) is 36.4 Å². The van der Waals surface area contributed by atoms with E-state index in [0.717, 1.165) is 22.4 Å². The molecule has 2 N–H and O–H groups in total. The average Bonchev–Trinajstić information content (AvgIpc) is 2.75. The Hall–Kier alpha value is -2.53. The Morgan fingerprint density at radius 2 is 1.32 bits per heavy atom. The van der Waals surface area contributed by atoms with Gasteiger partial charge in [0.25, 0.3) is 0 Å². The SMILES string of the molecule is Cl.O=P(O)(O)c1ccccc1Cc1ccccc1-[n+]1ccc(-c2ccncc2)cc1.[Cl-]. The number of hydrogen-bond donors (Lipinski definition) is 2. The molecule has 4 rings (SSSR count). The van der Waals surface area contributed by atoms with Crippen LogP contribution in [-0.4, -0.2) is 14.8 Å². The van der Waals surface area contributed by atoms with Crippen LogP contribution in [0.3, 0.4) is 0 Å². The van der Waals surface area contributed by atoms with E-state index < -0.39 is 7.60 Å². The number of para-hydroxylation sites is 1. The number of benzene rings is 2. The molecule has 0 fully saturated rings. The van der Waals surface area contributed by atoms with Gasteiger partial charge in [0.1, 0.15) is 0 Å². The fourth-order valence-electron chi connectivity index (χ4n) is 3.39. The Morgan fingerprint density at radius 1 is 0.774 bits per heavy atom. The Morgan fingerprint density at radius 3 is 1.97 bits per heavy atom. The molecule has 0 radical (unpaired) electrons. The van der Waals surface area contributed by atoms with Crippen molar-refractivity contribution in [3.8, 4) is 16.8 Å². The summed E-state index contributed by atoms with van der Waals surface area (Å²) in [7, 11) is -4.33. The van der Waals surface area contributed by atoms with Crippen LogP contribution in [0.15, 0.2) is 97.6 Å². The van der Waals surface area contributed by atoms with Gasteiger partial charge in [-0.3, -0.25) is 9.55 Å². The fraction of sp³-hybridized carbons (Fsp3) is 0.0435. The largest absolute Gasteiger partial charge is 1.00 e. The third kappa shape index (κ3) is 5.79. The van der Waals surface area contributed by atoms with Gasteiger partial charge < -0.3 is 22.2 Å². The van der Waals surface area contributed by atoms with Gasteiger partial charge in [0, 0.05) is 42.6 Å². The Kier molecular flexibility index (Phi) is 8.52. The predicted octanol–water partition coefficient (Wildman–Crippen LogP) is 0.845. The number of nitrogens with zero attached hydrogens (tertiary/aromatic N) is 2. The van der Waals surface area contributed by atoms with Gasteiger partial charge in [0.2, 0.25) is 5.69 Å². The van der Waals surface area contributed by atoms with Crippen LogP contribution in [-0.2, 0) is 11.0 Å². The molecule has 2 aromatic carbocycles. The summed E-state index contributed by atoms with van der Waals surface area (Å²) in [6.07, 6.45) is 7.94. The number of halogens is 2. The summed E-state index contributed by atoms with van der Waals surface area (Å²) in [5, 5.41) is 0.0767. The van der Waals surface area contributed by atoms with Crippen LogP contribution in [0.25, 0.3) is 16.8 Å². The number of hydrogen-bond acceptors (Lipinski definition) is 2. The first-order chi connectivity index (χ1) is 14.0. The van der Waals surface area contributed by atoms with Crippen molar-refractivity contribution < 1.29 is 31.3 Å². The highest BCUT2D eigenvalue weighted by atomic mass is 35.5. The fourth-order valence-corrected chi connectivity index (χ4v) is 4.19. The second-order valence-electron chi connectivity index (χ2n) is 6.71. The zero-order chi connectivity index (χ0) is 20.3. The third-order valence-electron chi connectivity index (χ3n) is 4.80. The van der Waals surface area contributed by atoms with E-state index in [-0.39, 0.29) is 30.1 Å². The molecular weight excluding hydrogens is 454 g/mol. The van der Waals surface area contributed by atoms with Crippen molar-refractivity contribution in [2.24, 2.45) is 0 Å². The molecule has 4 aromatic rings. The van der Waals surface area contributed by atoms with Crippen molar-refractivity contribution >= 4 is 25.3 Å². The second-order valence-corrected chi connectivity index (χ2v) is 8.28. The molecule has 0 amide bonds. The molecule has 2 heterocycles. The Bertz CT molecular complexity index is 1180. The van der Waals surface area contributed by atoms with E-state index in [1.165, 1.54) is 6.07 Å². The zero-order valence-corrected chi connectivity index (χ0v) is 18.8. The van der Waals surface area contributed by atoms with E-state index >= 15 is 0 Å². The van der Waals surface area contributed by atoms with Crippen molar-refractivity contribution in [1.82, 2.24) is 4.98 Å². The van der Waals surface area contributed by atoms with E-state index in [2.05, 4.69) is 4.98 Å². The molecular formula is C23H21Cl2N2O3P. The molecule has 8 heteroatoms. The summed E-state index contributed by atoms with van der Waals surface area (Å²) in [6.45, 7) is 0. The number of aromatic nitrogens is 2. The Balaban J connectivity index is 0.00000171. The van der Waals surface area contributed by atoms with Gasteiger partial charge >= 0.3 is 7.60 Å². The maximum absolute atomic E-state index is 11.9. The molecule has 31 heavy (non-hydrogen) atoms. The minimum Gasteiger partial charge on any atom is -1.00 e. The van der Waals surface area contributed by atoms with Crippen LogP contribution < -0.4 is 22.3 Å². The van der Waals surface area contributed by atoms with Crippen LogP contribution in [0.1, 0.15) is 11.1 Å². The van der Waals surface area contributed by atoms with Crippen molar-refractivity contribution in [3.63, 3.8) is 0 Å². The summed E-state index contributed by atoms with van der Waals surface area (Å²) in [4.78, 5) is 23.4. The molecule has 5 nitrogen and oxygen atoms in total. The first-order valence-electron chi connectivity index (χ1n) is 9.16. The van der Waals surface area contributed by atoms with Gasteiger partial charge in [-0.2, -0.15) is 4.57 Å². The summed E-state index contributed by atoms with van der Waals surface area (Å²) in [5.74, 6) is 0. The lowest BCUT2D eigenvalue weighted by atomic mass is 10.0. The van der Waals surface area contributed by atoms with E-state index in [1.807, 2.05) is 65.5 Å². The van der Waals surface area contributed by atoms with E-state index in [1.54, 1.807) is 30.6 Å². The highest BCUT2D eigenvalue weighted by Crippen LogP contribution is 2.35. The lowest BCUT2D eigenvalue weighted by molar-refractivity contribution is -0.596. The summed E-state index contributed by atoms with van der Waals surface area (Å²) >= 11 is 0. The maximum Gasteiger partial charge on any atom is 0.356 e. The van der Waals surface area contributed by atoms with Crippen LogP contribution in [0.2, 0.25) is 0 Å². The summed E-state index contributed by atoms with van der Waals surface area (Å²) in [6, 6.07) is 22.6. The predicted molar refractivity (Wildman–Crippen MR) is 119 cm³/mol. The van der Waals surface area contributed by atoms with Gasteiger partial charge in [-0.05, 0) is 34.9 Å². The molecule has 0 aliphatic heterocycles. The first-order valence-corrected chi connectivity index (χ1v) is 10.8. The van der Waals surface area contributed by atoms with Crippen molar-refractivity contribution in [3.05, 3.63) is 109 Å². The lowest BCUT2D eigenvalue weighted by Gasteiger charge is -2.11. The first kappa shape index (κ1) is 24.7. The molecule has 0 atom stereocenters. The Labute approximate surface area is 193 Å². The minimum absolute atomic E-state index is 0. The monoisotopic (exact) mass is 474 g/mol. The molecule has 0 saturated heterocycles. The van der Waals surface area contributed by atoms with Gasteiger partial charge in [0.05, 0.1) is 5.30 Å². The highest BCUT2D eigenvalue weighted by Gasteiger charge is 2.22. The van der Waals surface area contributed by atoms with Gasteiger partial charge in [-0.25, -0.2) is 0 Å². The number of pyridine rings is 2.